The fourth-order valence-electron chi connectivity index (χ4n) is 1.93. The summed E-state index contributed by atoms with van der Waals surface area (Å²) in [6.45, 7) is 1.79. The van der Waals surface area contributed by atoms with Gasteiger partial charge in [0.25, 0.3) is 0 Å². The van der Waals surface area contributed by atoms with Crippen LogP contribution in [0.15, 0.2) is 46.3 Å². The Kier molecular flexibility index (Phi) is 4.86. The highest BCUT2D eigenvalue weighted by Gasteiger charge is 2.20. The minimum atomic E-state index is -0.380. The monoisotopic (exact) mass is 363 g/mol. The number of amides is 1. The number of hydrogen-bond donors (Lipinski definition) is 1. The zero-order valence-electron chi connectivity index (χ0n) is 12.9. The summed E-state index contributed by atoms with van der Waals surface area (Å²) in [5.74, 6) is 1.50. The first-order valence-corrected chi connectivity index (χ1v) is 8.32. The number of pyridine rings is 1. The number of thioether (sulfide) groups is 1. The molecule has 0 aliphatic rings. The number of carbonyl (C=O) groups is 1. The van der Waals surface area contributed by atoms with E-state index in [2.05, 4.69) is 20.5 Å². The highest BCUT2D eigenvalue weighted by molar-refractivity contribution is 8.00. The zero-order valence-corrected chi connectivity index (χ0v) is 14.5. The van der Waals surface area contributed by atoms with Gasteiger partial charge in [0.1, 0.15) is 5.82 Å². The number of anilines is 1. The molecule has 0 saturated carbocycles. The van der Waals surface area contributed by atoms with Gasteiger partial charge in [-0.2, -0.15) is 0 Å². The molecule has 0 radical (unpaired) electrons. The van der Waals surface area contributed by atoms with Gasteiger partial charge >= 0.3 is 0 Å². The molecular weight excluding hydrogens is 350 g/mol. The highest BCUT2D eigenvalue weighted by atomic mass is 35.5. The van der Waals surface area contributed by atoms with Crippen molar-refractivity contribution in [1.82, 2.24) is 19.7 Å². The minimum absolute atomic E-state index is 0.183. The van der Waals surface area contributed by atoms with E-state index in [1.807, 2.05) is 7.05 Å². The number of halogens is 1. The van der Waals surface area contributed by atoms with Crippen LogP contribution in [-0.2, 0) is 11.8 Å². The maximum Gasteiger partial charge on any atom is 0.238 e. The normalized spacial score (nSPS) is 12.1. The number of carbonyl (C=O) groups excluding carboxylic acids is 1. The first-order chi connectivity index (χ1) is 11.5. The van der Waals surface area contributed by atoms with Crippen molar-refractivity contribution in [3.05, 3.63) is 41.7 Å². The van der Waals surface area contributed by atoms with Crippen molar-refractivity contribution < 1.29 is 9.21 Å². The Labute approximate surface area is 147 Å². The molecule has 0 fully saturated rings. The molecule has 3 heterocycles. The molecule has 124 valence electrons. The molecular formula is C15H14ClN5O2S. The molecule has 0 aliphatic heterocycles. The Morgan fingerprint density at radius 2 is 2.21 bits per heavy atom. The summed E-state index contributed by atoms with van der Waals surface area (Å²) in [6.07, 6.45) is 3.05. The number of nitrogens with one attached hydrogen (secondary N) is 1. The summed E-state index contributed by atoms with van der Waals surface area (Å²) in [6, 6.07) is 6.90. The number of furan rings is 1. The Morgan fingerprint density at radius 1 is 1.38 bits per heavy atom. The molecule has 1 unspecified atom stereocenters. The maximum atomic E-state index is 12.3. The molecule has 0 bridgehead atoms. The molecule has 24 heavy (non-hydrogen) atoms. The zero-order chi connectivity index (χ0) is 17.1. The van der Waals surface area contributed by atoms with Gasteiger partial charge in [0, 0.05) is 13.2 Å². The molecule has 1 amide bonds. The van der Waals surface area contributed by atoms with Crippen molar-refractivity contribution in [3.63, 3.8) is 0 Å². The van der Waals surface area contributed by atoms with Crippen LogP contribution < -0.4 is 5.32 Å². The van der Waals surface area contributed by atoms with Crippen LogP contribution in [0.4, 0.5) is 5.82 Å². The van der Waals surface area contributed by atoms with E-state index in [9.17, 15) is 4.79 Å². The van der Waals surface area contributed by atoms with E-state index >= 15 is 0 Å². The first kappa shape index (κ1) is 16.5. The summed E-state index contributed by atoms with van der Waals surface area (Å²) in [5.41, 5.74) is 0. The molecule has 0 spiro atoms. The van der Waals surface area contributed by atoms with Gasteiger partial charge in [-0.1, -0.05) is 23.4 Å². The predicted octanol–water partition coefficient (Wildman–Crippen LogP) is 3.24. The largest absolute Gasteiger partial charge is 0.461 e. The number of rotatable bonds is 5. The van der Waals surface area contributed by atoms with Crippen LogP contribution in [0.1, 0.15) is 6.92 Å². The van der Waals surface area contributed by atoms with E-state index < -0.39 is 0 Å². The van der Waals surface area contributed by atoms with Crippen molar-refractivity contribution >= 4 is 35.1 Å². The van der Waals surface area contributed by atoms with Gasteiger partial charge in [0.2, 0.25) is 5.91 Å². The lowest BCUT2D eigenvalue weighted by molar-refractivity contribution is -0.115. The van der Waals surface area contributed by atoms with Gasteiger partial charge in [-0.25, -0.2) is 4.98 Å². The Morgan fingerprint density at radius 3 is 2.88 bits per heavy atom. The van der Waals surface area contributed by atoms with Crippen LogP contribution >= 0.6 is 23.4 Å². The lowest BCUT2D eigenvalue weighted by Crippen LogP contribution is -2.23. The van der Waals surface area contributed by atoms with Crippen molar-refractivity contribution in [2.75, 3.05) is 5.32 Å². The second-order valence-corrected chi connectivity index (χ2v) is 6.70. The topological polar surface area (TPSA) is 85.8 Å². The lowest BCUT2D eigenvalue weighted by atomic mass is 10.4. The molecule has 3 aromatic heterocycles. The molecule has 3 aromatic rings. The van der Waals surface area contributed by atoms with Crippen LogP contribution in [0.2, 0.25) is 5.02 Å². The summed E-state index contributed by atoms with van der Waals surface area (Å²) in [4.78, 5) is 16.3. The molecule has 0 aliphatic carbocycles. The van der Waals surface area contributed by atoms with E-state index in [0.717, 1.165) is 0 Å². The van der Waals surface area contributed by atoms with Gasteiger partial charge in [-0.3, -0.25) is 4.79 Å². The molecule has 9 heteroatoms. The number of nitrogens with zero attached hydrogens (tertiary/aromatic N) is 4. The van der Waals surface area contributed by atoms with Crippen molar-refractivity contribution in [1.29, 1.82) is 0 Å². The fraction of sp³-hybridized carbons (Fsp3) is 0.200. The van der Waals surface area contributed by atoms with E-state index in [1.165, 1.54) is 18.0 Å². The maximum absolute atomic E-state index is 12.3. The third-order valence-corrected chi connectivity index (χ3v) is 4.56. The molecule has 3 rings (SSSR count). The minimum Gasteiger partial charge on any atom is -0.461 e. The predicted molar refractivity (Wildman–Crippen MR) is 91.9 cm³/mol. The average molecular weight is 364 g/mol. The average Bonchev–Trinajstić information content (AvgIpc) is 3.20. The second kappa shape index (κ2) is 7.06. The first-order valence-electron chi connectivity index (χ1n) is 7.07. The third-order valence-electron chi connectivity index (χ3n) is 3.21. The Balaban J connectivity index is 1.67. The van der Waals surface area contributed by atoms with Crippen LogP contribution in [0.3, 0.4) is 0 Å². The number of aromatic nitrogens is 4. The number of hydrogen-bond acceptors (Lipinski definition) is 6. The summed E-state index contributed by atoms with van der Waals surface area (Å²) in [5, 5.41) is 11.7. The van der Waals surface area contributed by atoms with Crippen molar-refractivity contribution in [3.8, 4) is 11.6 Å². The van der Waals surface area contributed by atoms with Gasteiger partial charge < -0.3 is 14.3 Å². The van der Waals surface area contributed by atoms with E-state index in [0.29, 0.717) is 27.6 Å². The summed E-state index contributed by atoms with van der Waals surface area (Å²) in [7, 11) is 1.82. The van der Waals surface area contributed by atoms with Crippen LogP contribution in [-0.4, -0.2) is 30.9 Å². The molecule has 7 nitrogen and oxygen atoms in total. The van der Waals surface area contributed by atoms with Gasteiger partial charge in [0.15, 0.2) is 16.7 Å². The van der Waals surface area contributed by atoms with Crippen molar-refractivity contribution in [2.45, 2.75) is 17.3 Å². The van der Waals surface area contributed by atoms with Crippen LogP contribution in [0, 0.1) is 0 Å². The van der Waals surface area contributed by atoms with E-state index in [-0.39, 0.29) is 11.2 Å². The Bertz CT molecular complexity index is 832. The summed E-state index contributed by atoms with van der Waals surface area (Å²) < 4.78 is 7.11. The van der Waals surface area contributed by atoms with E-state index in [4.69, 9.17) is 16.0 Å². The van der Waals surface area contributed by atoms with E-state index in [1.54, 1.807) is 42.0 Å². The van der Waals surface area contributed by atoms with Gasteiger partial charge in [-0.15, -0.1) is 10.2 Å². The highest BCUT2D eigenvalue weighted by Crippen LogP contribution is 2.26. The molecule has 0 saturated heterocycles. The summed E-state index contributed by atoms with van der Waals surface area (Å²) >= 11 is 7.08. The van der Waals surface area contributed by atoms with Crippen molar-refractivity contribution in [2.24, 2.45) is 7.05 Å². The standard InChI is InChI=1S/C15H14ClN5O2S/c1-9(14(22)18-12-6-5-10(16)8-17-12)24-15-20-19-13(21(15)2)11-4-3-7-23-11/h3-9H,1-2H3,(H,17,18,22). The quantitative estimate of drug-likeness (QED) is 0.700. The van der Waals surface area contributed by atoms with Crippen LogP contribution in [0.25, 0.3) is 11.6 Å². The van der Waals surface area contributed by atoms with Gasteiger partial charge in [0.05, 0.1) is 16.5 Å². The SMILES string of the molecule is CC(Sc1nnc(-c2ccco2)n1C)C(=O)Nc1ccc(Cl)cn1. The smallest absolute Gasteiger partial charge is 0.238 e. The molecule has 1 atom stereocenters. The molecule has 1 N–H and O–H groups in total. The second-order valence-electron chi connectivity index (χ2n) is 4.95. The lowest BCUT2D eigenvalue weighted by Gasteiger charge is -2.11. The molecule has 0 aromatic carbocycles. The van der Waals surface area contributed by atoms with Crippen LogP contribution in [0.5, 0.6) is 0 Å². The Hall–Kier alpha value is -2.32. The fourth-order valence-corrected chi connectivity index (χ4v) is 2.85. The third kappa shape index (κ3) is 3.60. The van der Waals surface area contributed by atoms with Gasteiger partial charge in [-0.05, 0) is 31.2 Å².